The molecule has 0 radical (unpaired) electrons. The predicted molar refractivity (Wildman–Crippen MR) is 111 cm³/mol. The van der Waals surface area contributed by atoms with Crippen LogP contribution in [0.15, 0.2) is 40.8 Å². The minimum absolute atomic E-state index is 0.0154. The van der Waals surface area contributed by atoms with Gasteiger partial charge in [-0.1, -0.05) is 0 Å². The van der Waals surface area contributed by atoms with Crippen LogP contribution in [0.4, 0.5) is 16.0 Å². The Morgan fingerprint density at radius 1 is 1.34 bits per heavy atom. The summed E-state index contributed by atoms with van der Waals surface area (Å²) in [4.78, 5) is 10.1. The maximum Gasteiger partial charge on any atom is 0.166 e. The normalized spacial score (nSPS) is 15.0. The van der Waals surface area contributed by atoms with E-state index in [-0.39, 0.29) is 29.1 Å². The third kappa shape index (κ3) is 4.82. The molecular weight excluding hydrogens is 375 g/mol. The standard InChI is InChI=1S/C18H23FN10/c1-10-7-23-9-12(5-15(10)29-25-3-4-26-29)27-17-13(16(21)22)6-14(19)18(28-17)24-8-11(2)20/h3-6,9,11H,7-8,20H2,1-2H3,(H3,21,22)(H2,24,27,28)/t11-/m0/s1. The van der Waals surface area contributed by atoms with E-state index in [1.165, 1.54) is 4.80 Å². The fourth-order valence-electron chi connectivity index (χ4n) is 2.61. The number of anilines is 2. The average Bonchev–Trinajstić information content (AvgIpc) is 3.13. The van der Waals surface area contributed by atoms with Gasteiger partial charge in [0.25, 0.3) is 0 Å². The summed E-state index contributed by atoms with van der Waals surface area (Å²) in [5, 5.41) is 22.0. The Morgan fingerprint density at radius 3 is 2.72 bits per heavy atom. The van der Waals surface area contributed by atoms with Gasteiger partial charge in [-0.2, -0.15) is 15.0 Å². The molecule has 2 aromatic rings. The molecule has 0 saturated carbocycles. The van der Waals surface area contributed by atoms with Crippen LogP contribution in [0.5, 0.6) is 0 Å². The highest BCUT2D eigenvalue weighted by Crippen LogP contribution is 2.23. The first kappa shape index (κ1) is 20.1. The maximum atomic E-state index is 14.4. The van der Waals surface area contributed by atoms with Gasteiger partial charge in [-0.25, -0.2) is 9.37 Å². The van der Waals surface area contributed by atoms with E-state index in [1.807, 2.05) is 6.92 Å². The molecule has 152 valence electrons. The van der Waals surface area contributed by atoms with Crippen molar-refractivity contribution in [2.45, 2.75) is 19.9 Å². The molecule has 0 aromatic carbocycles. The van der Waals surface area contributed by atoms with Crippen molar-refractivity contribution in [1.82, 2.24) is 20.0 Å². The molecule has 2 aromatic heterocycles. The summed E-state index contributed by atoms with van der Waals surface area (Å²) >= 11 is 0. The highest BCUT2D eigenvalue weighted by molar-refractivity contribution is 6.01. The molecule has 10 nitrogen and oxygen atoms in total. The summed E-state index contributed by atoms with van der Waals surface area (Å²) in [7, 11) is 0. The van der Waals surface area contributed by atoms with Gasteiger partial charge in [-0.05, 0) is 31.6 Å². The zero-order valence-electron chi connectivity index (χ0n) is 16.1. The third-order valence-electron chi connectivity index (χ3n) is 4.04. The highest BCUT2D eigenvalue weighted by atomic mass is 19.1. The van der Waals surface area contributed by atoms with Crippen LogP contribution in [0, 0.1) is 11.2 Å². The van der Waals surface area contributed by atoms with Crippen molar-refractivity contribution >= 4 is 29.4 Å². The lowest BCUT2D eigenvalue weighted by molar-refractivity contribution is 0.622. The molecule has 29 heavy (non-hydrogen) atoms. The smallest absolute Gasteiger partial charge is 0.166 e. The fourth-order valence-corrected chi connectivity index (χ4v) is 2.61. The molecule has 1 aliphatic rings. The molecule has 0 amide bonds. The van der Waals surface area contributed by atoms with Crippen LogP contribution in [-0.2, 0) is 0 Å². The van der Waals surface area contributed by atoms with Crippen molar-refractivity contribution in [2.75, 3.05) is 23.7 Å². The van der Waals surface area contributed by atoms with Gasteiger partial charge in [-0.15, -0.1) is 0 Å². The molecule has 0 aliphatic carbocycles. The van der Waals surface area contributed by atoms with Crippen LogP contribution >= 0.6 is 0 Å². The van der Waals surface area contributed by atoms with E-state index in [9.17, 15) is 4.39 Å². The van der Waals surface area contributed by atoms with Gasteiger partial charge in [0.2, 0.25) is 0 Å². The van der Waals surface area contributed by atoms with Crippen LogP contribution in [0.25, 0.3) is 5.70 Å². The van der Waals surface area contributed by atoms with Gasteiger partial charge in [0.05, 0.1) is 35.9 Å². The summed E-state index contributed by atoms with van der Waals surface area (Å²) in [6.07, 6.45) is 6.59. The van der Waals surface area contributed by atoms with Gasteiger partial charge in [0.1, 0.15) is 11.7 Å². The SMILES string of the molecule is CC1=C(n2nccn2)C=C(Nc2nc(NC[C@H](C)N)c(F)cc2C(=N)N)C=NC1. The first-order chi connectivity index (χ1) is 13.8. The first-order valence-electron chi connectivity index (χ1n) is 8.94. The van der Waals surface area contributed by atoms with Crippen LogP contribution in [0.3, 0.4) is 0 Å². The van der Waals surface area contributed by atoms with Crippen molar-refractivity contribution in [3.05, 3.63) is 47.2 Å². The molecule has 11 heteroatoms. The summed E-state index contributed by atoms with van der Waals surface area (Å²) in [6, 6.07) is 0.973. The second-order valence-electron chi connectivity index (χ2n) is 6.67. The molecule has 0 fully saturated rings. The van der Waals surface area contributed by atoms with Crippen molar-refractivity contribution in [3.8, 4) is 0 Å². The van der Waals surface area contributed by atoms with Crippen LogP contribution < -0.4 is 22.1 Å². The van der Waals surface area contributed by atoms with Gasteiger partial charge in [0.15, 0.2) is 11.6 Å². The molecule has 7 N–H and O–H groups in total. The van der Waals surface area contributed by atoms with Gasteiger partial charge in [-0.3, -0.25) is 10.4 Å². The Kier molecular flexibility index (Phi) is 5.98. The third-order valence-corrected chi connectivity index (χ3v) is 4.04. The molecule has 0 unspecified atom stereocenters. The van der Waals surface area contributed by atoms with Gasteiger partial charge in [0, 0.05) is 18.8 Å². The van der Waals surface area contributed by atoms with Crippen LogP contribution in [0.2, 0.25) is 0 Å². The molecule has 0 spiro atoms. The lowest BCUT2D eigenvalue weighted by Crippen LogP contribution is -2.26. The number of nitrogen functional groups attached to an aromatic ring is 1. The lowest BCUT2D eigenvalue weighted by Gasteiger charge is -2.15. The molecule has 3 rings (SSSR count). The number of allylic oxidation sites excluding steroid dienone is 3. The number of aromatic nitrogens is 4. The van der Waals surface area contributed by atoms with Crippen molar-refractivity contribution in [3.63, 3.8) is 0 Å². The van der Waals surface area contributed by atoms with Gasteiger partial charge >= 0.3 is 0 Å². The average molecular weight is 398 g/mol. The molecule has 1 aliphatic heterocycles. The molecule has 0 bridgehead atoms. The topological polar surface area (TPSA) is 156 Å². The number of hydrogen-bond donors (Lipinski definition) is 5. The molecule has 0 saturated heterocycles. The largest absolute Gasteiger partial charge is 0.384 e. The van der Waals surface area contributed by atoms with Crippen molar-refractivity contribution < 1.29 is 4.39 Å². The Bertz CT molecular complexity index is 988. The minimum Gasteiger partial charge on any atom is -0.384 e. The maximum absolute atomic E-state index is 14.4. The van der Waals surface area contributed by atoms with E-state index in [4.69, 9.17) is 16.9 Å². The van der Waals surface area contributed by atoms with E-state index < -0.39 is 5.82 Å². The van der Waals surface area contributed by atoms with Crippen LogP contribution in [-0.4, -0.2) is 51.2 Å². The van der Waals surface area contributed by atoms with Gasteiger partial charge < -0.3 is 22.1 Å². The number of rotatable bonds is 7. The number of amidine groups is 1. The van der Waals surface area contributed by atoms with E-state index in [2.05, 4.69) is 30.8 Å². The van der Waals surface area contributed by atoms with Crippen LogP contribution in [0.1, 0.15) is 19.4 Å². The number of nitrogens with zero attached hydrogens (tertiary/aromatic N) is 5. The van der Waals surface area contributed by atoms with Crippen molar-refractivity contribution in [1.29, 1.82) is 5.41 Å². The molecule has 3 heterocycles. The summed E-state index contributed by atoms with van der Waals surface area (Å²) in [5.74, 6) is -0.704. The minimum atomic E-state index is -0.623. The Balaban J connectivity index is 1.98. The number of nitrogens with one attached hydrogen (secondary N) is 3. The summed E-state index contributed by atoms with van der Waals surface area (Å²) in [5.41, 5.74) is 13.8. The zero-order valence-corrected chi connectivity index (χ0v) is 16.1. The Morgan fingerprint density at radius 2 is 2.07 bits per heavy atom. The van der Waals surface area contributed by atoms with E-state index in [0.29, 0.717) is 18.8 Å². The predicted octanol–water partition coefficient (Wildman–Crippen LogP) is 1.17. The quantitative estimate of drug-likeness (QED) is 0.346. The summed E-state index contributed by atoms with van der Waals surface area (Å²) < 4.78 is 14.4. The van der Waals surface area contributed by atoms with E-state index in [1.54, 1.807) is 31.6 Å². The monoisotopic (exact) mass is 398 g/mol. The molecule has 1 atom stereocenters. The second kappa shape index (κ2) is 8.61. The number of nitrogens with two attached hydrogens (primary N) is 2. The highest BCUT2D eigenvalue weighted by Gasteiger charge is 2.16. The number of hydrogen-bond acceptors (Lipinski definition) is 8. The Labute approximate surface area is 167 Å². The zero-order chi connectivity index (χ0) is 21.0. The first-order valence-corrected chi connectivity index (χ1v) is 8.94. The lowest BCUT2D eigenvalue weighted by atomic mass is 10.2. The second-order valence-corrected chi connectivity index (χ2v) is 6.67. The number of aliphatic imine (C=N–C) groups is 1. The summed E-state index contributed by atoms with van der Waals surface area (Å²) in [6.45, 7) is 4.53. The molecular formula is C18H23FN10. The van der Waals surface area contributed by atoms with E-state index >= 15 is 0 Å². The number of pyridine rings is 1. The van der Waals surface area contributed by atoms with E-state index in [0.717, 1.165) is 17.3 Å². The number of halogens is 1. The Hall–Kier alpha value is -3.60. The van der Waals surface area contributed by atoms with Crippen molar-refractivity contribution in [2.24, 2.45) is 16.5 Å². The fraction of sp³-hybridized carbons (Fsp3) is 0.278.